The van der Waals surface area contributed by atoms with E-state index in [1.807, 2.05) is 17.0 Å². The normalized spacial score (nSPS) is 24.9. The smallest absolute Gasteiger partial charge is 0.414 e. The summed E-state index contributed by atoms with van der Waals surface area (Å²) < 4.78 is 10.8. The first-order chi connectivity index (χ1) is 12.2. The number of anilines is 1. The molecule has 1 saturated carbocycles. The number of amides is 1. The van der Waals surface area contributed by atoms with Crippen LogP contribution in [0.25, 0.3) is 0 Å². The van der Waals surface area contributed by atoms with Crippen LogP contribution in [-0.4, -0.2) is 43.8 Å². The molecule has 2 fully saturated rings. The monoisotopic (exact) mass is 344 g/mol. The Hall–Kier alpha value is -1.75. The predicted octanol–water partition coefficient (Wildman–Crippen LogP) is 3.81. The lowest BCUT2D eigenvalue weighted by molar-refractivity contribution is 0.173. The molecule has 1 atom stereocenters. The summed E-state index contributed by atoms with van der Waals surface area (Å²) in [6.07, 6.45) is 7.63. The van der Waals surface area contributed by atoms with Gasteiger partial charge in [0.05, 0.1) is 18.8 Å². The van der Waals surface area contributed by atoms with Crippen molar-refractivity contribution in [2.45, 2.75) is 51.1 Å². The third-order valence-corrected chi connectivity index (χ3v) is 5.92. The molecule has 5 heteroatoms. The van der Waals surface area contributed by atoms with Gasteiger partial charge in [0.15, 0.2) is 0 Å². The van der Waals surface area contributed by atoms with Crippen LogP contribution < -0.4 is 9.64 Å². The van der Waals surface area contributed by atoms with E-state index in [1.165, 1.54) is 37.7 Å². The quantitative estimate of drug-likeness (QED) is 0.836. The van der Waals surface area contributed by atoms with Gasteiger partial charge >= 0.3 is 6.09 Å². The number of nitrogens with zero attached hydrogens (tertiary/aromatic N) is 2. The van der Waals surface area contributed by atoms with Crippen LogP contribution in [0.1, 0.15) is 44.1 Å². The van der Waals surface area contributed by atoms with Crippen molar-refractivity contribution in [2.24, 2.45) is 5.92 Å². The maximum atomic E-state index is 12.2. The third kappa shape index (κ3) is 3.47. The molecule has 1 aromatic rings. The van der Waals surface area contributed by atoms with Gasteiger partial charge in [-0.25, -0.2) is 4.79 Å². The minimum absolute atomic E-state index is 0.147. The van der Waals surface area contributed by atoms with E-state index in [-0.39, 0.29) is 12.1 Å². The van der Waals surface area contributed by atoms with Crippen LogP contribution in [0.2, 0.25) is 0 Å². The van der Waals surface area contributed by atoms with Crippen molar-refractivity contribution in [1.29, 1.82) is 0 Å². The lowest BCUT2D eigenvalue weighted by Gasteiger charge is -2.35. The van der Waals surface area contributed by atoms with E-state index in [2.05, 4.69) is 11.0 Å². The summed E-state index contributed by atoms with van der Waals surface area (Å²) in [5.41, 5.74) is 2.15. The largest absolute Gasteiger partial charge is 0.497 e. The van der Waals surface area contributed by atoms with Gasteiger partial charge in [-0.2, -0.15) is 0 Å². The van der Waals surface area contributed by atoms with Crippen molar-refractivity contribution >= 4 is 11.8 Å². The van der Waals surface area contributed by atoms with E-state index >= 15 is 0 Å². The van der Waals surface area contributed by atoms with Crippen molar-refractivity contribution in [3.63, 3.8) is 0 Å². The number of cyclic esters (lactones) is 1. The first kappa shape index (κ1) is 16.7. The number of fused-ring (bicyclic) bond motifs is 3. The molecule has 1 aromatic carbocycles. The Balaban J connectivity index is 1.60. The predicted molar refractivity (Wildman–Crippen MR) is 97.1 cm³/mol. The number of benzene rings is 1. The fourth-order valence-electron chi connectivity index (χ4n) is 4.56. The van der Waals surface area contributed by atoms with Crippen LogP contribution in [0.3, 0.4) is 0 Å². The van der Waals surface area contributed by atoms with Gasteiger partial charge in [0.2, 0.25) is 0 Å². The molecule has 0 bridgehead atoms. The van der Waals surface area contributed by atoms with Crippen molar-refractivity contribution in [3.05, 3.63) is 23.8 Å². The van der Waals surface area contributed by atoms with E-state index in [0.717, 1.165) is 43.4 Å². The topological polar surface area (TPSA) is 42.0 Å². The van der Waals surface area contributed by atoms with E-state index in [1.54, 1.807) is 7.11 Å². The van der Waals surface area contributed by atoms with Gasteiger partial charge in [-0.3, -0.25) is 9.80 Å². The van der Waals surface area contributed by atoms with Gasteiger partial charge in [-0.05, 0) is 48.9 Å². The second-order valence-electron chi connectivity index (χ2n) is 7.62. The molecule has 1 saturated heterocycles. The molecule has 0 radical (unpaired) electrons. The minimum Gasteiger partial charge on any atom is -0.497 e. The van der Waals surface area contributed by atoms with Gasteiger partial charge in [-0.1, -0.05) is 19.3 Å². The average molecular weight is 344 g/mol. The second kappa shape index (κ2) is 7.24. The first-order valence-corrected chi connectivity index (χ1v) is 9.60. The molecule has 4 rings (SSSR count). The number of methoxy groups -OCH3 is 1. The highest BCUT2D eigenvalue weighted by molar-refractivity contribution is 5.91. The van der Waals surface area contributed by atoms with Crippen LogP contribution in [0.15, 0.2) is 18.2 Å². The number of hydrogen-bond acceptors (Lipinski definition) is 4. The highest BCUT2D eigenvalue weighted by Crippen LogP contribution is 2.34. The van der Waals surface area contributed by atoms with E-state index < -0.39 is 0 Å². The van der Waals surface area contributed by atoms with Crippen molar-refractivity contribution < 1.29 is 14.3 Å². The highest BCUT2D eigenvalue weighted by Gasteiger charge is 2.37. The van der Waals surface area contributed by atoms with Gasteiger partial charge in [0.25, 0.3) is 0 Å². The molecule has 25 heavy (non-hydrogen) atoms. The molecule has 2 aliphatic heterocycles. The van der Waals surface area contributed by atoms with Crippen molar-refractivity contribution in [2.75, 3.05) is 31.7 Å². The highest BCUT2D eigenvalue weighted by atomic mass is 16.6. The standard InChI is InChI=1S/C20H28N2O3/c1-24-18-7-8-19-16(11-18)13-21(12-15-5-3-2-4-6-15)10-9-17-14-25-20(23)22(17)19/h7-8,11,15,17H,2-6,9-10,12-14H2,1H3. The lowest BCUT2D eigenvalue weighted by Crippen LogP contribution is -2.41. The molecule has 1 unspecified atom stereocenters. The summed E-state index contributed by atoms with van der Waals surface area (Å²) in [6, 6.07) is 6.18. The van der Waals surface area contributed by atoms with Gasteiger partial charge in [-0.15, -0.1) is 0 Å². The molecular weight excluding hydrogens is 316 g/mol. The van der Waals surface area contributed by atoms with E-state index in [4.69, 9.17) is 9.47 Å². The summed E-state index contributed by atoms with van der Waals surface area (Å²) in [4.78, 5) is 16.7. The number of carbonyl (C=O) groups excluding carboxylic acids is 1. The Kier molecular flexibility index (Phi) is 4.84. The molecule has 0 spiro atoms. The van der Waals surface area contributed by atoms with Crippen LogP contribution in [0.4, 0.5) is 10.5 Å². The van der Waals surface area contributed by atoms with Crippen LogP contribution in [0, 0.1) is 5.92 Å². The summed E-state index contributed by atoms with van der Waals surface area (Å²) in [5, 5.41) is 0. The first-order valence-electron chi connectivity index (χ1n) is 9.60. The summed E-state index contributed by atoms with van der Waals surface area (Å²) >= 11 is 0. The number of hydrogen-bond donors (Lipinski definition) is 0. The van der Waals surface area contributed by atoms with Crippen molar-refractivity contribution in [1.82, 2.24) is 4.90 Å². The van der Waals surface area contributed by atoms with Crippen LogP contribution >= 0.6 is 0 Å². The lowest BCUT2D eigenvalue weighted by atomic mass is 9.88. The Labute approximate surface area is 149 Å². The molecule has 5 nitrogen and oxygen atoms in total. The Morgan fingerprint density at radius 1 is 1.20 bits per heavy atom. The molecule has 0 N–H and O–H groups in total. The minimum atomic E-state index is -0.211. The van der Waals surface area contributed by atoms with Gasteiger partial charge in [0.1, 0.15) is 12.4 Å². The van der Waals surface area contributed by atoms with E-state index in [0.29, 0.717) is 6.61 Å². The summed E-state index contributed by atoms with van der Waals surface area (Å²) in [6.45, 7) is 3.56. The SMILES string of the molecule is COc1ccc2c(c1)CN(CC1CCCCC1)CCC1COC(=O)N21. The maximum Gasteiger partial charge on any atom is 0.414 e. The Bertz CT molecular complexity index is 627. The third-order valence-electron chi connectivity index (χ3n) is 5.92. The zero-order chi connectivity index (χ0) is 17.2. The van der Waals surface area contributed by atoms with Crippen LogP contribution in [-0.2, 0) is 11.3 Å². The second-order valence-corrected chi connectivity index (χ2v) is 7.62. The van der Waals surface area contributed by atoms with Gasteiger partial charge < -0.3 is 9.47 Å². The van der Waals surface area contributed by atoms with Crippen LogP contribution in [0.5, 0.6) is 5.75 Å². The van der Waals surface area contributed by atoms with E-state index in [9.17, 15) is 4.79 Å². The molecule has 136 valence electrons. The fourth-order valence-corrected chi connectivity index (χ4v) is 4.56. The summed E-state index contributed by atoms with van der Waals surface area (Å²) in [5.74, 6) is 1.67. The Morgan fingerprint density at radius 3 is 2.84 bits per heavy atom. The number of carbonyl (C=O) groups is 1. The molecule has 2 heterocycles. The molecular formula is C20H28N2O3. The molecule has 3 aliphatic rings. The summed E-state index contributed by atoms with van der Waals surface area (Å²) in [7, 11) is 1.69. The average Bonchev–Trinajstić information content (AvgIpc) is 2.99. The van der Waals surface area contributed by atoms with Gasteiger partial charge in [0, 0.05) is 19.6 Å². The molecule has 1 amide bonds. The maximum absolute atomic E-state index is 12.2. The Morgan fingerprint density at radius 2 is 2.04 bits per heavy atom. The number of ether oxygens (including phenoxy) is 2. The molecule has 1 aliphatic carbocycles. The fraction of sp³-hybridized carbons (Fsp3) is 0.650. The van der Waals surface area contributed by atoms with Crippen molar-refractivity contribution in [3.8, 4) is 5.75 Å². The zero-order valence-corrected chi connectivity index (χ0v) is 15.1. The zero-order valence-electron chi connectivity index (χ0n) is 15.1. The molecule has 0 aromatic heterocycles. The number of rotatable bonds is 3.